The van der Waals surface area contributed by atoms with Crippen LogP contribution >= 0.6 is 0 Å². The van der Waals surface area contributed by atoms with E-state index in [1.807, 2.05) is 42.6 Å². The Labute approximate surface area is 159 Å². The van der Waals surface area contributed by atoms with E-state index < -0.39 is 0 Å². The Balaban J connectivity index is 1.65. The van der Waals surface area contributed by atoms with Crippen molar-refractivity contribution in [2.24, 2.45) is 0 Å². The smallest absolute Gasteiger partial charge is 0.255 e. The lowest BCUT2D eigenvalue weighted by atomic mass is 10.2. The number of carbonyl (C=O) groups is 1. The zero-order chi connectivity index (χ0) is 19.1. The summed E-state index contributed by atoms with van der Waals surface area (Å²) in [6.07, 6.45) is 4.16. The molecule has 0 atom stereocenters. The Hall–Kier alpha value is -2.79. The van der Waals surface area contributed by atoms with Gasteiger partial charge in [0.25, 0.3) is 5.91 Å². The summed E-state index contributed by atoms with van der Waals surface area (Å²) < 4.78 is 12.9. The molecule has 142 valence electrons. The first-order chi connectivity index (χ1) is 13.2. The molecule has 5 heteroatoms. The Kier molecular flexibility index (Phi) is 6.49. The van der Waals surface area contributed by atoms with Gasteiger partial charge in [-0.05, 0) is 55.0 Å². The van der Waals surface area contributed by atoms with Crippen LogP contribution < -0.4 is 10.1 Å². The van der Waals surface area contributed by atoms with Crippen LogP contribution in [0.25, 0.3) is 10.9 Å². The van der Waals surface area contributed by atoms with Gasteiger partial charge in [0.05, 0.1) is 13.2 Å². The van der Waals surface area contributed by atoms with Crippen LogP contribution in [0, 0.1) is 0 Å². The van der Waals surface area contributed by atoms with E-state index in [2.05, 4.69) is 16.8 Å². The first kappa shape index (κ1) is 19.0. The third kappa shape index (κ3) is 4.89. The second-order valence-corrected chi connectivity index (χ2v) is 6.46. The van der Waals surface area contributed by atoms with Crippen molar-refractivity contribution in [2.75, 3.05) is 25.6 Å². The van der Waals surface area contributed by atoms with E-state index in [1.165, 1.54) is 0 Å². The summed E-state index contributed by atoms with van der Waals surface area (Å²) in [7, 11) is 1.70. The van der Waals surface area contributed by atoms with Gasteiger partial charge in [-0.2, -0.15) is 0 Å². The van der Waals surface area contributed by atoms with Crippen molar-refractivity contribution in [3.63, 3.8) is 0 Å². The second-order valence-electron chi connectivity index (χ2n) is 6.46. The van der Waals surface area contributed by atoms with Crippen LogP contribution in [0.2, 0.25) is 0 Å². The van der Waals surface area contributed by atoms with Crippen LogP contribution in [-0.2, 0) is 11.3 Å². The molecular weight excluding hydrogens is 340 g/mol. The number of unbranched alkanes of at least 4 members (excludes halogenated alkanes) is 1. The van der Waals surface area contributed by atoms with Gasteiger partial charge in [-0.1, -0.05) is 13.3 Å². The van der Waals surface area contributed by atoms with Crippen molar-refractivity contribution >= 4 is 22.5 Å². The van der Waals surface area contributed by atoms with Crippen molar-refractivity contribution in [1.29, 1.82) is 0 Å². The molecule has 0 aliphatic rings. The molecule has 0 unspecified atom stereocenters. The predicted molar refractivity (Wildman–Crippen MR) is 109 cm³/mol. The Morgan fingerprint density at radius 1 is 1.07 bits per heavy atom. The number of fused-ring (bicyclic) bond motifs is 1. The SMILES string of the molecule is CCCCOc1ccc(C(=O)Nc2ccc3c(ccn3CCOC)c2)cc1. The number of nitrogens with one attached hydrogen (secondary N) is 1. The fourth-order valence-corrected chi connectivity index (χ4v) is 2.90. The molecule has 2 aromatic carbocycles. The van der Waals surface area contributed by atoms with E-state index in [0.717, 1.165) is 41.7 Å². The van der Waals surface area contributed by atoms with Gasteiger partial charge in [-0.15, -0.1) is 0 Å². The molecule has 1 heterocycles. The first-order valence-corrected chi connectivity index (χ1v) is 9.33. The van der Waals surface area contributed by atoms with Crippen molar-refractivity contribution in [3.05, 3.63) is 60.3 Å². The topological polar surface area (TPSA) is 52.5 Å². The molecule has 0 saturated carbocycles. The molecule has 5 nitrogen and oxygen atoms in total. The number of hydrogen-bond donors (Lipinski definition) is 1. The van der Waals surface area contributed by atoms with Crippen LogP contribution in [-0.4, -0.2) is 30.8 Å². The van der Waals surface area contributed by atoms with Gasteiger partial charge >= 0.3 is 0 Å². The van der Waals surface area contributed by atoms with E-state index in [4.69, 9.17) is 9.47 Å². The lowest BCUT2D eigenvalue weighted by Crippen LogP contribution is -2.11. The summed E-state index contributed by atoms with van der Waals surface area (Å²) in [6.45, 7) is 4.30. The molecule has 0 aliphatic heterocycles. The normalized spacial score (nSPS) is 10.9. The largest absolute Gasteiger partial charge is 0.494 e. The second kappa shape index (κ2) is 9.24. The number of hydrogen-bond acceptors (Lipinski definition) is 3. The van der Waals surface area contributed by atoms with Crippen LogP contribution in [0.1, 0.15) is 30.1 Å². The maximum absolute atomic E-state index is 12.5. The molecule has 3 aromatic rings. The molecule has 1 amide bonds. The lowest BCUT2D eigenvalue weighted by Gasteiger charge is -2.09. The third-order valence-corrected chi connectivity index (χ3v) is 4.45. The average Bonchev–Trinajstić information content (AvgIpc) is 3.09. The molecule has 3 rings (SSSR count). The zero-order valence-corrected chi connectivity index (χ0v) is 15.9. The van der Waals surface area contributed by atoms with E-state index >= 15 is 0 Å². The highest BCUT2D eigenvalue weighted by molar-refractivity contribution is 6.05. The van der Waals surface area contributed by atoms with E-state index in [1.54, 1.807) is 19.2 Å². The summed E-state index contributed by atoms with van der Waals surface area (Å²) in [6, 6.07) is 15.2. The molecule has 27 heavy (non-hydrogen) atoms. The van der Waals surface area contributed by atoms with Gasteiger partial charge in [-0.3, -0.25) is 4.79 Å². The summed E-state index contributed by atoms with van der Waals surface area (Å²) in [5, 5.41) is 4.05. The molecule has 1 N–H and O–H groups in total. The molecule has 0 radical (unpaired) electrons. The Bertz CT molecular complexity index is 884. The number of benzene rings is 2. The number of carbonyl (C=O) groups excluding carboxylic acids is 1. The highest BCUT2D eigenvalue weighted by Gasteiger charge is 2.08. The van der Waals surface area contributed by atoms with Crippen LogP contribution in [0.5, 0.6) is 5.75 Å². The quantitative estimate of drug-likeness (QED) is 0.558. The maximum atomic E-state index is 12.5. The number of nitrogens with zero attached hydrogens (tertiary/aromatic N) is 1. The highest BCUT2D eigenvalue weighted by atomic mass is 16.5. The minimum atomic E-state index is -0.131. The Morgan fingerprint density at radius 2 is 1.89 bits per heavy atom. The number of ether oxygens (including phenoxy) is 2. The van der Waals surface area contributed by atoms with E-state index in [9.17, 15) is 4.79 Å². The summed E-state index contributed by atoms with van der Waals surface area (Å²) in [4.78, 5) is 12.5. The van der Waals surface area contributed by atoms with Crippen molar-refractivity contribution in [1.82, 2.24) is 4.57 Å². The van der Waals surface area contributed by atoms with Crippen LogP contribution in [0.3, 0.4) is 0 Å². The number of anilines is 1. The average molecular weight is 366 g/mol. The number of amides is 1. The van der Waals surface area contributed by atoms with Crippen molar-refractivity contribution in [2.45, 2.75) is 26.3 Å². The minimum absolute atomic E-state index is 0.131. The van der Waals surface area contributed by atoms with Crippen molar-refractivity contribution < 1.29 is 14.3 Å². The monoisotopic (exact) mass is 366 g/mol. The summed E-state index contributed by atoms with van der Waals surface area (Å²) in [5.74, 6) is 0.659. The minimum Gasteiger partial charge on any atom is -0.494 e. The van der Waals surface area contributed by atoms with E-state index in [-0.39, 0.29) is 5.91 Å². The van der Waals surface area contributed by atoms with Gasteiger partial charge in [-0.25, -0.2) is 0 Å². The predicted octanol–water partition coefficient (Wildman–Crippen LogP) is 4.72. The zero-order valence-electron chi connectivity index (χ0n) is 15.9. The van der Waals surface area contributed by atoms with Crippen molar-refractivity contribution in [3.8, 4) is 5.75 Å². The first-order valence-electron chi connectivity index (χ1n) is 9.33. The van der Waals surface area contributed by atoms with Gasteiger partial charge in [0.2, 0.25) is 0 Å². The standard InChI is InChI=1S/C22H26N2O3/c1-3-4-14-27-20-8-5-17(6-9-20)22(25)23-19-7-10-21-18(16-19)11-12-24(21)13-15-26-2/h5-12,16H,3-4,13-15H2,1-2H3,(H,23,25). The number of methoxy groups -OCH3 is 1. The molecule has 0 aliphatic carbocycles. The Morgan fingerprint density at radius 3 is 2.63 bits per heavy atom. The van der Waals surface area contributed by atoms with Gasteiger partial charge < -0.3 is 19.4 Å². The fraction of sp³-hybridized carbons (Fsp3) is 0.318. The summed E-state index contributed by atoms with van der Waals surface area (Å²) >= 11 is 0. The highest BCUT2D eigenvalue weighted by Crippen LogP contribution is 2.21. The van der Waals surface area contributed by atoms with E-state index in [0.29, 0.717) is 18.8 Å². The maximum Gasteiger partial charge on any atom is 0.255 e. The van der Waals surface area contributed by atoms with Gasteiger partial charge in [0.15, 0.2) is 0 Å². The molecule has 0 bridgehead atoms. The lowest BCUT2D eigenvalue weighted by molar-refractivity contribution is 0.102. The molecule has 0 saturated heterocycles. The molecular formula is C22H26N2O3. The van der Waals surface area contributed by atoms with Crippen LogP contribution in [0.15, 0.2) is 54.7 Å². The number of rotatable bonds is 9. The summed E-state index contributed by atoms with van der Waals surface area (Å²) in [5.41, 5.74) is 2.51. The number of aromatic nitrogens is 1. The molecule has 0 fully saturated rings. The fourth-order valence-electron chi connectivity index (χ4n) is 2.90. The molecule has 0 spiro atoms. The molecule has 1 aromatic heterocycles. The van der Waals surface area contributed by atoms with Crippen LogP contribution in [0.4, 0.5) is 5.69 Å². The third-order valence-electron chi connectivity index (χ3n) is 4.45. The van der Waals surface area contributed by atoms with Gasteiger partial charge in [0.1, 0.15) is 5.75 Å². The van der Waals surface area contributed by atoms with Gasteiger partial charge in [0, 0.05) is 42.0 Å².